The zero-order chi connectivity index (χ0) is 56.2. The van der Waals surface area contributed by atoms with Crippen molar-refractivity contribution in [2.75, 3.05) is 69.4 Å². The van der Waals surface area contributed by atoms with Gasteiger partial charge in [0.05, 0.1) is 12.8 Å². The van der Waals surface area contributed by atoms with Crippen molar-refractivity contribution in [1.29, 1.82) is 0 Å². The number of nitrogens with zero attached hydrogens (tertiary/aromatic N) is 3. The van der Waals surface area contributed by atoms with Gasteiger partial charge in [-0.3, -0.25) is 0 Å². The van der Waals surface area contributed by atoms with Crippen molar-refractivity contribution in [1.82, 2.24) is 15.5 Å². The Morgan fingerprint density at radius 3 is 2.20 bits per heavy atom. The summed E-state index contributed by atoms with van der Waals surface area (Å²) in [7, 11) is 1.79. The Bertz CT molecular complexity index is 3190. The van der Waals surface area contributed by atoms with Gasteiger partial charge in [-0.25, -0.2) is 14.4 Å². The largest absolute Gasteiger partial charge is 0.495 e. The van der Waals surface area contributed by atoms with Gasteiger partial charge in [0.2, 0.25) is 0 Å². The molecule has 418 valence electrons. The second-order valence-corrected chi connectivity index (χ2v) is 25.9. The monoisotopic (exact) mass is 1070 g/mol. The fourth-order valence-corrected chi connectivity index (χ4v) is 13.9. The number of alkyl carbamates (subject to hydrolysis) is 1. The van der Waals surface area contributed by atoms with Gasteiger partial charge in [0.25, 0.3) is 0 Å². The summed E-state index contributed by atoms with van der Waals surface area (Å²) >= 11 is 0. The number of methoxy groups -OCH3 is 1. The number of esters is 1. The Morgan fingerprint density at radius 1 is 0.810 bits per heavy atom. The minimum Gasteiger partial charge on any atom is -0.495 e. The molecule has 5 aromatic rings. The molecular weight excluding hydrogens is 987 g/mol. The Morgan fingerprint density at radius 2 is 1.52 bits per heavy atom. The lowest BCUT2D eigenvalue weighted by Crippen LogP contribution is -2.58. The van der Waals surface area contributed by atoms with Crippen LogP contribution in [0, 0.1) is 10.8 Å². The van der Waals surface area contributed by atoms with E-state index in [1.54, 1.807) is 14.0 Å². The highest BCUT2D eigenvalue weighted by atomic mass is 16.6. The lowest BCUT2D eigenvalue weighted by Gasteiger charge is -2.47. The summed E-state index contributed by atoms with van der Waals surface area (Å²) in [5.74, 6) is 1.21. The molecule has 4 unspecified atom stereocenters. The lowest BCUT2D eigenvalue weighted by molar-refractivity contribution is -0.139. The standard InChI is InChI=1S/C67H83N5O7/c1-43(2)60(73)77-33-34-78-62(75)69-48-38-64(7,8)41-66(11,39-48)42-68-61(74)72-32-31-71(40-44(72)3)49-24-21-46(22-25-49)67(45-19-15-13-16-20-45)28-27-51-58-57(50-26-23-47(63(4,5)6)35-54(50)65(58,9)10)52-36-55(70-29-17-14-18-30-70)56(76-12)37-53(52)59(51)79-67/h13,15-16,19-28,35-37,44,48H,1,14,17-18,29-34,38-42H2,2-12H3,(H,68,74)(H,69,75). The van der Waals surface area contributed by atoms with Crippen LogP contribution in [0.25, 0.3) is 28.0 Å². The quantitative estimate of drug-likeness (QED) is 0.0714. The number of piperidine rings is 1. The van der Waals surface area contributed by atoms with E-state index in [1.165, 1.54) is 39.6 Å². The van der Waals surface area contributed by atoms with Crippen LogP contribution in [0.4, 0.5) is 21.0 Å². The molecule has 0 spiro atoms. The maximum Gasteiger partial charge on any atom is 0.407 e. The predicted octanol–water partition coefficient (Wildman–Crippen LogP) is 13.4. The number of ether oxygens (including phenoxy) is 4. The van der Waals surface area contributed by atoms with Gasteiger partial charge in [-0.15, -0.1) is 0 Å². The topological polar surface area (TPSA) is 122 Å². The summed E-state index contributed by atoms with van der Waals surface area (Å²) in [4.78, 5) is 45.3. The van der Waals surface area contributed by atoms with Crippen LogP contribution in [-0.2, 0) is 30.7 Å². The minimum absolute atomic E-state index is 0.000329. The van der Waals surface area contributed by atoms with Crippen LogP contribution in [0.15, 0.2) is 103 Å². The van der Waals surface area contributed by atoms with Crippen molar-refractivity contribution in [3.8, 4) is 22.6 Å². The van der Waals surface area contributed by atoms with E-state index < -0.39 is 17.7 Å². The van der Waals surface area contributed by atoms with Crippen LogP contribution in [0.1, 0.15) is 141 Å². The van der Waals surface area contributed by atoms with Gasteiger partial charge in [-0.1, -0.05) is 129 Å². The molecule has 4 atom stereocenters. The average Bonchev–Trinajstić information content (AvgIpc) is 2.81. The molecule has 2 N–H and O–H groups in total. The van der Waals surface area contributed by atoms with Gasteiger partial charge in [0.1, 0.15) is 24.7 Å². The number of rotatable bonds is 12. The van der Waals surface area contributed by atoms with Crippen molar-refractivity contribution in [3.63, 3.8) is 0 Å². The van der Waals surface area contributed by atoms with E-state index in [9.17, 15) is 14.4 Å². The van der Waals surface area contributed by atoms with Gasteiger partial charge in [-0.2, -0.15) is 0 Å². The fourth-order valence-electron chi connectivity index (χ4n) is 13.9. The minimum atomic E-state index is -0.946. The Labute approximate surface area is 468 Å². The van der Waals surface area contributed by atoms with E-state index in [4.69, 9.17) is 18.9 Å². The number of fused-ring (bicyclic) bond motifs is 8. The van der Waals surface area contributed by atoms with E-state index in [2.05, 4.69) is 186 Å². The molecule has 5 aromatic carbocycles. The smallest absolute Gasteiger partial charge is 0.407 e. The first-order chi connectivity index (χ1) is 37.5. The number of piperazine rings is 1. The van der Waals surface area contributed by atoms with Crippen molar-refractivity contribution in [2.45, 2.75) is 136 Å². The second-order valence-electron chi connectivity index (χ2n) is 25.9. The third-order valence-electron chi connectivity index (χ3n) is 17.6. The van der Waals surface area contributed by atoms with Crippen molar-refractivity contribution in [2.24, 2.45) is 10.8 Å². The normalized spacial score (nSPS) is 22.9. The second kappa shape index (κ2) is 21.3. The van der Waals surface area contributed by atoms with E-state index >= 15 is 0 Å². The fraction of sp³-hybridized carbons (Fsp3) is 0.478. The summed E-state index contributed by atoms with van der Waals surface area (Å²) in [6, 6.07) is 31.0. The molecule has 3 heterocycles. The number of urea groups is 1. The number of anilines is 2. The van der Waals surface area contributed by atoms with Gasteiger partial charge in [0.15, 0.2) is 5.60 Å². The molecule has 12 heteroatoms. The molecule has 2 saturated heterocycles. The molecule has 12 nitrogen and oxygen atoms in total. The highest BCUT2D eigenvalue weighted by Crippen LogP contribution is 2.60. The van der Waals surface area contributed by atoms with Crippen molar-refractivity contribution in [3.05, 3.63) is 137 Å². The maximum atomic E-state index is 14.0. The predicted molar refractivity (Wildman–Crippen MR) is 318 cm³/mol. The SMILES string of the molecule is C=C(C)C(=O)OCCOC(=O)NC1CC(C)(C)CC(C)(CNC(=O)N2CCN(c3ccc(C4(c5ccccc5)C=Cc5c6c(c7cc(N8CCCCC8)c(OC)cc7c5O4)-c4ccc(C(C)(C)C)cc4C6(C)C)cc3)CC2C)C1. The van der Waals surface area contributed by atoms with Crippen LogP contribution in [0.5, 0.6) is 11.5 Å². The van der Waals surface area contributed by atoms with Crippen LogP contribution in [0.3, 0.4) is 0 Å². The summed E-state index contributed by atoms with van der Waals surface area (Å²) in [6.07, 6.45) is 10.0. The van der Waals surface area contributed by atoms with Gasteiger partial charge in [0, 0.05) is 90.1 Å². The van der Waals surface area contributed by atoms with Crippen molar-refractivity contribution < 1.29 is 33.3 Å². The van der Waals surface area contributed by atoms with Crippen molar-refractivity contribution >= 4 is 46.3 Å². The van der Waals surface area contributed by atoms with E-state index in [-0.39, 0.29) is 58.6 Å². The molecule has 10 rings (SSSR count). The van der Waals surface area contributed by atoms with Gasteiger partial charge in [-0.05, 0) is 132 Å². The zero-order valence-electron chi connectivity index (χ0n) is 48.7. The highest BCUT2D eigenvalue weighted by molar-refractivity contribution is 6.10. The van der Waals surface area contributed by atoms with Crippen LogP contribution >= 0.6 is 0 Å². The van der Waals surface area contributed by atoms with E-state index in [0.717, 1.165) is 83.7 Å². The third kappa shape index (κ3) is 10.8. The van der Waals surface area contributed by atoms with Crippen LogP contribution in [-0.4, -0.2) is 94.7 Å². The number of hydrogen-bond acceptors (Lipinski definition) is 9. The number of amides is 3. The highest BCUT2D eigenvalue weighted by Gasteiger charge is 2.46. The molecule has 1 saturated carbocycles. The molecule has 79 heavy (non-hydrogen) atoms. The Hall–Kier alpha value is -6.95. The molecule has 3 amide bonds. The van der Waals surface area contributed by atoms with E-state index in [1.807, 2.05) is 4.90 Å². The summed E-state index contributed by atoms with van der Waals surface area (Å²) < 4.78 is 24.5. The Balaban J connectivity index is 0.890. The summed E-state index contributed by atoms with van der Waals surface area (Å²) in [5, 5.41) is 8.56. The van der Waals surface area contributed by atoms with Crippen LogP contribution in [0.2, 0.25) is 0 Å². The molecule has 2 aliphatic carbocycles. The maximum absolute atomic E-state index is 14.0. The molecule has 0 aromatic heterocycles. The molecule has 0 bridgehead atoms. The zero-order valence-corrected chi connectivity index (χ0v) is 48.7. The molecule has 5 aliphatic rings. The van der Waals surface area contributed by atoms with E-state index in [0.29, 0.717) is 32.6 Å². The first kappa shape index (κ1) is 55.4. The molecule has 3 aliphatic heterocycles. The summed E-state index contributed by atoms with van der Waals surface area (Å²) in [5.41, 5.74) is 10.7. The Kier molecular flexibility index (Phi) is 14.9. The first-order valence-electron chi connectivity index (χ1n) is 28.7. The molecule has 3 fully saturated rings. The molecular formula is C67H83N5O7. The molecule has 0 radical (unpaired) electrons. The number of carbonyl (C=O) groups excluding carboxylic acids is 3. The third-order valence-corrected chi connectivity index (χ3v) is 17.6. The summed E-state index contributed by atoms with van der Waals surface area (Å²) in [6.45, 7) is 29.9. The van der Waals surface area contributed by atoms with Gasteiger partial charge < -0.3 is 44.3 Å². The number of benzene rings is 5. The first-order valence-corrected chi connectivity index (χ1v) is 28.7. The van der Waals surface area contributed by atoms with Crippen LogP contribution < -0.4 is 29.9 Å². The number of carbonyl (C=O) groups is 3. The number of nitrogens with one attached hydrogen (secondary N) is 2. The van der Waals surface area contributed by atoms with Gasteiger partial charge >= 0.3 is 18.1 Å². The average molecular weight is 1070 g/mol. The lowest BCUT2D eigenvalue weighted by atomic mass is 9.62. The number of hydrogen-bond donors (Lipinski definition) is 2.